The summed E-state index contributed by atoms with van der Waals surface area (Å²) >= 11 is 0. The molecular weight excluding hydrogens is 312 g/mol. The highest BCUT2D eigenvalue weighted by molar-refractivity contribution is 6.04. The average molecular weight is 332 g/mol. The van der Waals surface area contributed by atoms with Gasteiger partial charge in [0, 0.05) is 28.8 Å². The van der Waals surface area contributed by atoms with Gasteiger partial charge >= 0.3 is 0 Å². The second-order valence-corrected chi connectivity index (χ2v) is 6.00. The van der Waals surface area contributed by atoms with Crippen LogP contribution >= 0.6 is 0 Å². The van der Waals surface area contributed by atoms with E-state index in [1.807, 2.05) is 69.3 Å². The van der Waals surface area contributed by atoms with Gasteiger partial charge in [-0.05, 0) is 56.7 Å². The first-order valence-corrected chi connectivity index (χ1v) is 8.06. The molecule has 126 valence electrons. The predicted octanol–water partition coefficient (Wildman–Crippen LogP) is 4.40. The number of anilines is 3. The van der Waals surface area contributed by atoms with Crippen LogP contribution in [0.15, 0.2) is 54.7 Å². The lowest BCUT2D eigenvalue weighted by molar-refractivity contribution is 0.102. The highest BCUT2D eigenvalue weighted by Gasteiger charge is 2.08. The Bertz CT molecular complexity index is 904. The van der Waals surface area contributed by atoms with Crippen LogP contribution in [0, 0.1) is 20.8 Å². The molecule has 5 heteroatoms. The average Bonchev–Trinajstić information content (AvgIpc) is 2.58. The highest BCUT2D eigenvalue weighted by Crippen LogP contribution is 2.23. The molecule has 0 unspecified atom stereocenters. The molecule has 1 heterocycles. The SMILES string of the molecule is Cc1ccc(C(=O)Nc2ccc(C)c(Nc3nccc(C)n3)c2)cc1. The first-order valence-electron chi connectivity index (χ1n) is 8.06. The van der Waals surface area contributed by atoms with Gasteiger partial charge in [0.25, 0.3) is 5.91 Å². The van der Waals surface area contributed by atoms with Crippen LogP contribution in [-0.2, 0) is 0 Å². The predicted molar refractivity (Wildman–Crippen MR) is 100 cm³/mol. The van der Waals surface area contributed by atoms with Gasteiger partial charge in [-0.1, -0.05) is 23.8 Å². The van der Waals surface area contributed by atoms with Gasteiger partial charge in [0.2, 0.25) is 5.95 Å². The van der Waals surface area contributed by atoms with Crippen molar-refractivity contribution in [3.8, 4) is 0 Å². The zero-order valence-electron chi connectivity index (χ0n) is 14.5. The van der Waals surface area contributed by atoms with Crippen LogP contribution < -0.4 is 10.6 Å². The summed E-state index contributed by atoms with van der Waals surface area (Å²) in [5, 5.41) is 6.12. The minimum atomic E-state index is -0.137. The fourth-order valence-electron chi connectivity index (χ4n) is 2.37. The summed E-state index contributed by atoms with van der Waals surface area (Å²) in [6, 6.07) is 15.0. The summed E-state index contributed by atoms with van der Waals surface area (Å²) in [4.78, 5) is 20.9. The molecule has 0 saturated carbocycles. The first-order chi connectivity index (χ1) is 12.0. The Morgan fingerprint density at radius 2 is 1.72 bits per heavy atom. The van der Waals surface area contributed by atoms with E-state index in [-0.39, 0.29) is 5.91 Å². The molecule has 0 aliphatic heterocycles. The summed E-state index contributed by atoms with van der Waals surface area (Å²) < 4.78 is 0. The van der Waals surface area contributed by atoms with E-state index in [9.17, 15) is 4.79 Å². The molecule has 0 spiro atoms. The van der Waals surface area contributed by atoms with Gasteiger partial charge in [-0.25, -0.2) is 9.97 Å². The fourth-order valence-corrected chi connectivity index (χ4v) is 2.37. The number of aryl methyl sites for hydroxylation is 3. The Labute approximate surface area is 147 Å². The molecule has 0 bridgehead atoms. The maximum atomic E-state index is 12.4. The van der Waals surface area contributed by atoms with Crippen LogP contribution in [0.25, 0.3) is 0 Å². The topological polar surface area (TPSA) is 66.9 Å². The molecule has 0 atom stereocenters. The molecule has 0 saturated heterocycles. The van der Waals surface area contributed by atoms with Crippen LogP contribution in [0.4, 0.5) is 17.3 Å². The molecule has 1 amide bonds. The van der Waals surface area contributed by atoms with Gasteiger partial charge < -0.3 is 10.6 Å². The van der Waals surface area contributed by atoms with Crippen LogP contribution in [0.5, 0.6) is 0 Å². The standard InChI is InChI=1S/C20H20N4O/c1-13-4-7-16(8-5-13)19(25)23-17-9-6-14(2)18(12-17)24-20-21-11-10-15(3)22-20/h4-12H,1-3H3,(H,23,25)(H,21,22,24). The van der Waals surface area contributed by atoms with Crippen molar-refractivity contribution in [2.24, 2.45) is 0 Å². The minimum Gasteiger partial charge on any atom is -0.324 e. The van der Waals surface area contributed by atoms with Crippen LogP contribution in [0.3, 0.4) is 0 Å². The Balaban J connectivity index is 1.79. The monoisotopic (exact) mass is 332 g/mol. The maximum Gasteiger partial charge on any atom is 0.255 e. The number of benzene rings is 2. The number of hydrogen-bond donors (Lipinski definition) is 2. The van der Waals surface area contributed by atoms with E-state index in [4.69, 9.17) is 0 Å². The highest BCUT2D eigenvalue weighted by atomic mass is 16.1. The second kappa shape index (κ2) is 7.13. The van der Waals surface area contributed by atoms with E-state index >= 15 is 0 Å². The van der Waals surface area contributed by atoms with E-state index in [1.165, 1.54) is 0 Å². The first kappa shape index (κ1) is 16.6. The van der Waals surface area contributed by atoms with Crippen molar-refractivity contribution in [1.29, 1.82) is 0 Å². The molecule has 0 aliphatic rings. The van der Waals surface area contributed by atoms with E-state index in [2.05, 4.69) is 20.6 Å². The number of hydrogen-bond acceptors (Lipinski definition) is 4. The molecule has 1 aromatic heterocycles. The number of carbonyl (C=O) groups excluding carboxylic acids is 1. The van der Waals surface area contributed by atoms with Crippen molar-refractivity contribution < 1.29 is 4.79 Å². The summed E-state index contributed by atoms with van der Waals surface area (Å²) in [5.41, 5.74) is 5.25. The van der Waals surface area contributed by atoms with Crippen LogP contribution in [-0.4, -0.2) is 15.9 Å². The normalized spacial score (nSPS) is 10.4. The molecule has 0 fully saturated rings. The summed E-state index contributed by atoms with van der Waals surface area (Å²) in [6.07, 6.45) is 1.71. The number of aromatic nitrogens is 2. The third-order valence-electron chi connectivity index (χ3n) is 3.85. The quantitative estimate of drug-likeness (QED) is 0.743. The van der Waals surface area contributed by atoms with Gasteiger partial charge in [-0.2, -0.15) is 0 Å². The lowest BCUT2D eigenvalue weighted by atomic mass is 10.1. The molecule has 3 aromatic rings. The Hall–Kier alpha value is -3.21. The lowest BCUT2D eigenvalue weighted by Crippen LogP contribution is -2.12. The number of nitrogens with one attached hydrogen (secondary N) is 2. The van der Waals surface area contributed by atoms with Crippen molar-refractivity contribution >= 4 is 23.2 Å². The van der Waals surface area contributed by atoms with Gasteiger partial charge in [0.1, 0.15) is 0 Å². The van der Waals surface area contributed by atoms with Crippen molar-refractivity contribution in [3.05, 3.63) is 77.1 Å². The van der Waals surface area contributed by atoms with E-state index in [0.29, 0.717) is 17.2 Å². The van der Waals surface area contributed by atoms with Gasteiger partial charge in [-0.3, -0.25) is 4.79 Å². The Morgan fingerprint density at radius 3 is 2.44 bits per heavy atom. The smallest absolute Gasteiger partial charge is 0.255 e. The molecule has 25 heavy (non-hydrogen) atoms. The number of amides is 1. The molecule has 5 nitrogen and oxygen atoms in total. The third-order valence-corrected chi connectivity index (χ3v) is 3.85. The molecule has 0 radical (unpaired) electrons. The van der Waals surface area contributed by atoms with E-state index in [1.54, 1.807) is 6.20 Å². The lowest BCUT2D eigenvalue weighted by Gasteiger charge is -2.12. The minimum absolute atomic E-state index is 0.137. The largest absolute Gasteiger partial charge is 0.324 e. The van der Waals surface area contributed by atoms with Crippen LogP contribution in [0.2, 0.25) is 0 Å². The Kier molecular flexibility index (Phi) is 4.75. The van der Waals surface area contributed by atoms with E-state index < -0.39 is 0 Å². The summed E-state index contributed by atoms with van der Waals surface area (Å²) in [7, 11) is 0. The Morgan fingerprint density at radius 1 is 0.960 bits per heavy atom. The summed E-state index contributed by atoms with van der Waals surface area (Å²) in [5.74, 6) is 0.395. The molecular formula is C20H20N4O. The van der Waals surface area contributed by atoms with Crippen molar-refractivity contribution in [2.75, 3.05) is 10.6 Å². The molecule has 0 aliphatic carbocycles. The van der Waals surface area contributed by atoms with E-state index in [0.717, 1.165) is 22.5 Å². The van der Waals surface area contributed by atoms with Gasteiger partial charge in [0.15, 0.2) is 0 Å². The number of nitrogens with zero attached hydrogens (tertiary/aromatic N) is 2. The van der Waals surface area contributed by atoms with Crippen molar-refractivity contribution in [1.82, 2.24) is 9.97 Å². The van der Waals surface area contributed by atoms with Crippen molar-refractivity contribution in [3.63, 3.8) is 0 Å². The number of rotatable bonds is 4. The zero-order chi connectivity index (χ0) is 17.8. The van der Waals surface area contributed by atoms with Crippen LogP contribution in [0.1, 0.15) is 27.2 Å². The molecule has 2 N–H and O–H groups in total. The summed E-state index contributed by atoms with van der Waals surface area (Å²) in [6.45, 7) is 5.90. The zero-order valence-corrected chi connectivity index (χ0v) is 14.5. The molecule has 3 rings (SSSR count). The van der Waals surface area contributed by atoms with Crippen molar-refractivity contribution in [2.45, 2.75) is 20.8 Å². The number of carbonyl (C=O) groups is 1. The second-order valence-electron chi connectivity index (χ2n) is 6.00. The van der Waals surface area contributed by atoms with Gasteiger partial charge in [0.05, 0.1) is 0 Å². The third kappa shape index (κ3) is 4.20. The fraction of sp³-hybridized carbons (Fsp3) is 0.150. The maximum absolute atomic E-state index is 12.4. The molecule has 2 aromatic carbocycles. The van der Waals surface area contributed by atoms with Gasteiger partial charge in [-0.15, -0.1) is 0 Å².